The third-order valence-electron chi connectivity index (χ3n) is 2.34. The van der Waals surface area contributed by atoms with Crippen LogP contribution in [0.25, 0.3) is 0 Å². The monoisotopic (exact) mass is 258 g/mol. The zero-order valence-corrected chi connectivity index (χ0v) is 11.1. The minimum atomic E-state index is -0.0382. The number of carbonyl (C=O) groups excluding carboxylic acids is 1. The summed E-state index contributed by atoms with van der Waals surface area (Å²) in [6.45, 7) is 6.31. The Balaban J connectivity index is 2.33. The van der Waals surface area contributed by atoms with Crippen molar-refractivity contribution in [1.29, 1.82) is 0 Å². The van der Waals surface area contributed by atoms with E-state index in [9.17, 15) is 4.79 Å². The van der Waals surface area contributed by atoms with Gasteiger partial charge in [0.2, 0.25) is 11.8 Å². The van der Waals surface area contributed by atoms with Crippen LogP contribution in [0.4, 0.5) is 0 Å². The van der Waals surface area contributed by atoms with Crippen molar-refractivity contribution >= 4 is 17.7 Å². The molecule has 7 heteroatoms. The molecule has 0 aliphatic carbocycles. The Morgan fingerprint density at radius 2 is 2.18 bits per heavy atom. The summed E-state index contributed by atoms with van der Waals surface area (Å²) in [6, 6.07) is 0.158. The lowest BCUT2D eigenvalue weighted by molar-refractivity contribution is -0.119. The molecule has 0 radical (unpaired) electrons. The Bertz CT molecular complexity index is 367. The van der Waals surface area contributed by atoms with Crippen molar-refractivity contribution in [2.24, 2.45) is 11.7 Å². The molecule has 6 nitrogen and oxygen atoms in total. The highest BCUT2D eigenvalue weighted by atomic mass is 32.2. The SMILES string of the molecule is CC(C)C(C)NC(=O)CSc1nnc(CN)o1. The van der Waals surface area contributed by atoms with Gasteiger partial charge in [-0.1, -0.05) is 25.6 Å². The number of aromatic nitrogens is 2. The predicted octanol–water partition coefficient (Wildman–Crippen LogP) is 0.781. The van der Waals surface area contributed by atoms with Gasteiger partial charge in [0.25, 0.3) is 5.22 Å². The van der Waals surface area contributed by atoms with Gasteiger partial charge in [0.05, 0.1) is 12.3 Å². The minimum absolute atomic E-state index is 0.0382. The molecule has 0 aliphatic rings. The average molecular weight is 258 g/mol. The Labute approximate surface area is 105 Å². The molecule has 0 aromatic carbocycles. The summed E-state index contributed by atoms with van der Waals surface area (Å²) in [4.78, 5) is 11.6. The van der Waals surface area contributed by atoms with Gasteiger partial charge in [-0.25, -0.2) is 0 Å². The first-order valence-electron chi connectivity index (χ1n) is 5.47. The second kappa shape index (κ2) is 6.61. The fourth-order valence-electron chi connectivity index (χ4n) is 0.969. The first kappa shape index (κ1) is 14.0. The molecule has 0 saturated heterocycles. The van der Waals surface area contributed by atoms with Crippen molar-refractivity contribution in [1.82, 2.24) is 15.5 Å². The molecule has 1 heterocycles. The van der Waals surface area contributed by atoms with Gasteiger partial charge in [0, 0.05) is 6.04 Å². The van der Waals surface area contributed by atoms with Gasteiger partial charge in [-0.15, -0.1) is 10.2 Å². The third kappa shape index (κ3) is 4.74. The maximum Gasteiger partial charge on any atom is 0.277 e. The molecule has 1 aromatic heterocycles. The van der Waals surface area contributed by atoms with E-state index in [1.165, 1.54) is 11.8 Å². The van der Waals surface area contributed by atoms with Crippen LogP contribution in [0, 0.1) is 5.92 Å². The molecule has 17 heavy (non-hydrogen) atoms. The van der Waals surface area contributed by atoms with Gasteiger partial charge >= 0.3 is 0 Å². The van der Waals surface area contributed by atoms with Crippen LogP contribution in [-0.2, 0) is 11.3 Å². The number of rotatable bonds is 6. The largest absolute Gasteiger partial charge is 0.415 e. The Kier molecular flexibility index (Phi) is 5.43. The summed E-state index contributed by atoms with van der Waals surface area (Å²) in [5.41, 5.74) is 5.33. The molecule has 96 valence electrons. The first-order chi connectivity index (χ1) is 8.02. The van der Waals surface area contributed by atoms with Crippen LogP contribution in [0.3, 0.4) is 0 Å². The Morgan fingerprint density at radius 3 is 2.71 bits per heavy atom. The second-order valence-electron chi connectivity index (χ2n) is 4.05. The zero-order chi connectivity index (χ0) is 12.8. The lowest BCUT2D eigenvalue weighted by atomic mass is 10.1. The van der Waals surface area contributed by atoms with Crippen molar-refractivity contribution in [2.45, 2.75) is 38.6 Å². The van der Waals surface area contributed by atoms with E-state index in [1.54, 1.807) is 0 Å². The summed E-state index contributed by atoms with van der Waals surface area (Å²) in [7, 11) is 0. The third-order valence-corrected chi connectivity index (χ3v) is 3.16. The summed E-state index contributed by atoms with van der Waals surface area (Å²) < 4.78 is 5.17. The standard InChI is InChI=1S/C10H18N4O2S/c1-6(2)7(3)12-8(15)5-17-10-14-13-9(4-11)16-10/h6-7H,4-5,11H2,1-3H3,(H,12,15). The summed E-state index contributed by atoms with van der Waals surface area (Å²) >= 11 is 1.21. The van der Waals surface area contributed by atoms with E-state index < -0.39 is 0 Å². The molecule has 0 saturated carbocycles. The highest BCUT2D eigenvalue weighted by Gasteiger charge is 2.12. The average Bonchev–Trinajstić information content (AvgIpc) is 2.74. The number of nitrogens with two attached hydrogens (primary N) is 1. The van der Waals surface area contributed by atoms with Crippen LogP contribution in [0.5, 0.6) is 0 Å². The molecule has 1 rings (SSSR count). The predicted molar refractivity (Wildman–Crippen MR) is 65.4 cm³/mol. The normalized spacial score (nSPS) is 12.8. The molecular formula is C10H18N4O2S. The van der Waals surface area contributed by atoms with Crippen LogP contribution >= 0.6 is 11.8 Å². The number of thioether (sulfide) groups is 1. The van der Waals surface area contributed by atoms with Crippen molar-refractivity contribution in [3.05, 3.63) is 5.89 Å². The lowest BCUT2D eigenvalue weighted by Gasteiger charge is -2.16. The summed E-state index contributed by atoms with van der Waals surface area (Å²) in [6.07, 6.45) is 0. The van der Waals surface area contributed by atoms with Gasteiger partial charge in [-0.05, 0) is 12.8 Å². The molecule has 1 atom stereocenters. The molecule has 0 bridgehead atoms. The molecule has 1 unspecified atom stereocenters. The Hall–Kier alpha value is -1.08. The smallest absolute Gasteiger partial charge is 0.277 e. The van der Waals surface area contributed by atoms with Crippen molar-refractivity contribution < 1.29 is 9.21 Å². The van der Waals surface area contributed by atoms with Gasteiger partial charge in [0.1, 0.15) is 0 Å². The van der Waals surface area contributed by atoms with Gasteiger partial charge in [-0.2, -0.15) is 0 Å². The quantitative estimate of drug-likeness (QED) is 0.732. The van der Waals surface area contributed by atoms with Gasteiger partial charge in [-0.3, -0.25) is 4.79 Å². The van der Waals surface area contributed by atoms with E-state index in [1.807, 2.05) is 6.92 Å². The summed E-state index contributed by atoms with van der Waals surface area (Å²) in [5, 5.41) is 10.7. The first-order valence-corrected chi connectivity index (χ1v) is 6.46. The highest BCUT2D eigenvalue weighted by Crippen LogP contribution is 2.15. The maximum absolute atomic E-state index is 11.6. The molecular weight excluding hydrogens is 240 g/mol. The van der Waals surface area contributed by atoms with E-state index in [2.05, 4.69) is 29.4 Å². The van der Waals surface area contributed by atoms with Crippen LogP contribution in [-0.4, -0.2) is 27.9 Å². The maximum atomic E-state index is 11.6. The number of carbonyl (C=O) groups is 1. The highest BCUT2D eigenvalue weighted by molar-refractivity contribution is 7.99. The van der Waals surface area contributed by atoms with E-state index in [0.29, 0.717) is 17.0 Å². The summed E-state index contributed by atoms with van der Waals surface area (Å²) in [5.74, 6) is 1.02. The van der Waals surface area contributed by atoms with E-state index >= 15 is 0 Å². The zero-order valence-electron chi connectivity index (χ0n) is 10.3. The van der Waals surface area contributed by atoms with Crippen LogP contribution < -0.4 is 11.1 Å². The van der Waals surface area contributed by atoms with Crippen LogP contribution in [0.1, 0.15) is 26.7 Å². The number of nitrogens with one attached hydrogen (secondary N) is 1. The van der Waals surface area contributed by atoms with Crippen molar-refractivity contribution in [2.75, 3.05) is 5.75 Å². The van der Waals surface area contributed by atoms with Crippen molar-refractivity contribution in [3.63, 3.8) is 0 Å². The number of amides is 1. The van der Waals surface area contributed by atoms with E-state index in [4.69, 9.17) is 10.2 Å². The molecule has 0 fully saturated rings. The second-order valence-corrected chi connectivity index (χ2v) is 4.98. The Morgan fingerprint density at radius 1 is 1.47 bits per heavy atom. The molecule has 1 amide bonds. The lowest BCUT2D eigenvalue weighted by Crippen LogP contribution is -2.37. The number of nitrogens with zero attached hydrogens (tertiary/aromatic N) is 2. The van der Waals surface area contributed by atoms with Crippen molar-refractivity contribution in [3.8, 4) is 0 Å². The molecule has 0 spiro atoms. The molecule has 3 N–H and O–H groups in total. The number of hydrogen-bond donors (Lipinski definition) is 2. The van der Waals surface area contributed by atoms with E-state index in [0.717, 1.165) is 0 Å². The number of hydrogen-bond acceptors (Lipinski definition) is 6. The van der Waals surface area contributed by atoms with E-state index in [-0.39, 0.29) is 24.2 Å². The molecule has 0 aliphatic heterocycles. The minimum Gasteiger partial charge on any atom is -0.415 e. The molecule has 1 aromatic rings. The topological polar surface area (TPSA) is 94.0 Å². The fraction of sp³-hybridized carbons (Fsp3) is 0.700. The van der Waals surface area contributed by atoms with Crippen LogP contribution in [0.2, 0.25) is 0 Å². The van der Waals surface area contributed by atoms with Gasteiger partial charge < -0.3 is 15.5 Å². The van der Waals surface area contributed by atoms with Gasteiger partial charge in [0.15, 0.2) is 0 Å². The fourth-order valence-corrected chi connectivity index (χ4v) is 1.56. The van der Waals surface area contributed by atoms with Crippen LogP contribution in [0.15, 0.2) is 9.64 Å².